The monoisotopic (exact) mass is 381 g/mol. The Balaban J connectivity index is 1.72. The van der Waals surface area contributed by atoms with Gasteiger partial charge >= 0.3 is 0 Å². The molecule has 1 aromatic heterocycles. The summed E-state index contributed by atoms with van der Waals surface area (Å²) in [6.45, 7) is 7.02. The van der Waals surface area contributed by atoms with Crippen LogP contribution in [0.3, 0.4) is 0 Å². The minimum absolute atomic E-state index is 0.138. The first-order chi connectivity index (χ1) is 13.5. The average Bonchev–Trinajstić information content (AvgIpc) is 3.18. The van der Waals surface area contributed by atoms with E-state index in [2.05, 4.69) is 28.6 Å². The van der Waals surface area contributed by atoms with Crippen LogP contribution in [0.1, 0.15) is 65.3 Å². The highest BCUT2D eigenvalue weighted by atomic mass is 16.1. The van der Waals surface area contributed by atoms with Gasteiger partial charge in [0.05, 0.1) is 0 Å². The highest BCUT2D eigenvalue weighted by Crippen LogP contribution is 2.27. The zero-order valence-electron chi connectivity index (χ0n) is 17.2. The van der Waals surface area contributed by atoms with Crippen LogP contribution in [0.5, 0.6) is 0 Å². The number of aromatic amines is 1. The minimum atomic E-state index is -0.138. The number of benzene rings is 1. The average molecular weight is 382 g/mol. The molecule has 0 unspecified atom stereocenters. The molecule has 5 heteroatoms. The van der Waals surface area contributed by atoms with Crippen molar-refractivity contribution < 1.29 is 4.79 Å². The van der Waals surface area contributed by atoms with Gasteiger partial charge in [-0.25, -0.2) is 0 Å². The molecular weight excluding hydrogens is 350 g/mol. The van der Waals surface area contributed by atoms with E-state index < -0.39 is 0 Å². The van der Waals surface area contributed by atoms with E-state index in [1.54, 1.807) is 0 Å². The number of pyridine rings is 1. The van der Waals surface area contributed by atoms with E-state index in [1.807, 2.05) is 32.0 Å². The molecule has 2 aromatic rings. The van der Waals surface area contributed by atoms with Crippen LogP contribution in [-0.2, 0) is 13.0 Å². The number of nitrogens with one attached hydrogen (secondary N) is 3. The molecule has 5 nitrogen and oxygen atoms in total. The Labute approximate surface area is 167 Å². The van der Waals surface area contributed by atoms with Gasteiger partial charge < -0.3 is 15.6 Å². The topological polar surface area (TPSA) is 74.0 Å². The Morgan fingerprint density at radius 2 is 1.93 bits per heavy atom. The second-order valence-electron chi connectivity index (χ2n) is 7.84. The third-order valence-electron chi connectivity index (χ3n) is 5.75. The van der Waals surface area contributed by atoms with Gasteiger partial charge in [0.25, 0.3) is 11.5 Å². The second-order valence-corrected chi connectivity index (χ2v) is 7.84. The number of hydrogen-bond acceptors (Lipinski definition) is 3. The van der Waals surface area contributed by atoms with Crippen molar-refractivity contribution in [2.24, 2.45) is 5.92 Å². The SMILES string of the molecule is CCc1c(NCC2CCCC2)cccc1C(=O)NCc1c(C)cc(C)[nH]c1=O. The number of H-pyrrole nitrogens is 1. The van der Waals surface area contributed by atoms with Crippen LogP contribution in [0.15, 0.2) is 29.1 Å². The predicted molar refractivity (Wildman–Crippen MR) is 114 cm³/mol. The van der Waals surface area contributed by atoms with E-state index >= 15 is 0 Å². The summed E-state index contributed by atoms with van der Waals surface area (Å²) in [6, 6.07) is 7.77. The molecule has 0 atom stereocenters. The Hall–Kier alpha value is -2.56. The first kappa shape index (κ1) is 20.2. The lowest BCUT2D eigenvalue weighted by Gasteiger charge is -2.17. The number of carbonyl (C=O) groups is 1. The third-order valence-corrected chi connectivity index (χ3v) is 5.75. The van der Waals surface area contributed by atoms with Gasteiger partial charge in [0.2, 0.25) is 0 Å². The maximum Gasteiger partial charge on any atom is 0.253 e. The molecule has 150 valence electrons. The van der Waals surface area contributed by atoms with Crippen molar-refractivity contribution in [1.82, 2.24) is 10.3 Å². The lowest BCUT2D eigenvalue weighted by atomic mass is 10.0. The maximum absolute atomic E-state index is 12.8. The van der Waals surface area contributed by atoms with Crippen LogP contribution in [0, 0.1) is 19.8 Å². The summed E-state index contributed by atoms with van der Waals surface area (Å²) < 4.78 is 0. The maximum atomic E-state index is 12.8. The number of anilines is 1. The number of rotatable bonds is 7. The normalized spacial score (nSPS) is 14.2. The number of aromatic nitrogens is 1. The van der Waals surface area contributed by atoms with Gasteiger partial charge in [0, 0.05) is 35.6 Å². The van der Waals surface area contributed by atoms with E-state index in [0.717, 1.165) is 41.4 Å². The third kappa shape index (κ3) is 4.64. The Bertz CT molecular complexity index is 895. The summed E-state index contributed by atoms with van der Waals surface area (Å²) in [4.78, 5) is 27.8. The van der Waals surface area contributed by atoms with Crippen LogP contribution in [0.2, 0.25) is 0 Å². The summed E-state index contributed by atoms with van der Waals surface area (Å²) in [5, 5.41) is 6.49. The van der Waals surface area contributed by atoms with E-state index in [9.17, 15) is 9.59 Å². The largest absolute Gasteiger partial charge is 0.385 e. The van der Waals surface area contributed by atoms with E-state index in [4.69, 9.17) is 0 Å². The Kier molecular flexibility index (Phi) is 6.55. The molecule has 1 aliphatic rings. The van der Waals surface area contributed by atoms with E-state index in [-0.39, 0.29) is 18.0 Å². The molecule has 1 fully saturated rings. The second kappa shape index (κ2) is 9.09. The van der Waals surface area contributed by atoms with Crippen molar-refractivity contribution in [2.75, 3.05) is 11.9 Å². The van der Waals surface area contributed by atoms with Crippen LogP contribution < -0.4 is 16.2 Å². The van der Waals surface area contributed by atoms with Gasteiger partial charge in [-0.2, -0.15) is 0 Å². The summed E-state index contributed by atoms with van der Waals surface area (Å²) in [7, 11) is 0. The zero-order chi connectivity index (χ0) is 20.1. The molecule has 1 aromatic carbocycles. The first-order valence-corrected chi connectivity index (χ1v) is 10.3. The highest BCUT2D eigenvalue weighted by Gasteiger charge is 2.17. The highest BCUT2D eigenvalue weighted by molar-refractivity contribution is 5.97. The summed E-state index contributed by atoms with van der Waals surface area (Å²) in [5.41, 5.74) is 4.95. The predicted octanol–water partition coefficient (Wildman–Crippen LogP) is 4.09. The summed E-state index contributed by atoms with van der Waals surface area (Å²) in [5.74, 6) is 0.596. The van der Waals surface area contributed by atoms with E-state index in [0.29, 0.717) is 11.1 Å². The van der Waals surface area contributed by atoms with Crippen molar-refractivity contribution in [1.29, 1.82) is 0 Å². The fraction of sp³-hybridized carbons (Fsp3) is 0.478. The summed E-state index contributed by atoms with van der Waals surface area (Å²) >= 11 is 0. The lowest BCUT2D eigenvalue weighted by molar-refractivity contribution is 0.0950. The van der Waals surface area contributed by atoms with Crippen molar-refractivity contribution in [3.63, 3.8) is 0 Å². The summed E-state index contributed by atoms with van der Waals surface area (Å²) in [6.07, 6.45) is 6.01. The Morgan fingerprint density at radius 1 is 1.18 bits per heavy atom. The lowest BCUT2D eigenvalue weighted by Crippen LogP contribution is -2.28. The van der Waals surface area contributed by atoms with Crippen LogP contribution in [0.25, 0.3) is 0 Å². The standard InChI is InChI=1S/C23H31N3O2/c1-4-18-19(10-7-11-21(18)24-13-17-8-5-6-9-17)22(27)25-14-20-15(2)12-16(3)26-23(20)28/h7,10-12,17,24H,4-6,8-9,13-14H2,1-3H3,(H,25,27)(H,26,28). The van der Waals surface area contributed by atoms with Gasteiger partial charge in [-0.05, 0) is 68.4 Å². The van der Waals surface area contributed by atoms with Crippen LogP contribution in [0.4, 0.5) is 5.69 Å². The van der Waals surface area contributed by atoms with Gasteiger partial charge in [-0.15, -0.1) is 0 Å². The fourth-order valence-electron chi connectivity index (χ4n) is 4.18. The van der Waals surface area contributed by atoms with Crippen molar-refractivity contribution in [3.8, 4) is 0 Å². The number of hydrogen-bond donors (Lipinski definition) is 3. The van der Waals surface area contributed by atoms with Crippen molar-refractivity contribution >= 4 is 11.6 Å². The molecular formula is C23H31N3O2. The zero-order valence-corrected chi connectivity index (χ0v) is 17.2. The molecule has 1 saturated carbocycles. The molecule has 3 rings (SSSR count). The number of aryl methyl sites for hydroxylation is 2. The van der Waals surface area contributed by atoms with Gasteiger partial charge in [-0.3, -0.25) is 9.59 Å². The molecule has 0 spiro atoms. The van der Waals surface area contributed by atoms with Crippen molar-refractivity contribution in [2.45, 2.75) is 59.4 Å². The Morgan fingerprint density at radius 3 is 2.61 bits per heavy atom. The quantitative estimate of drug-likeness (QED) is 0.676. The van der Waals surface area contributed by atoms with Crippen molar-refractivity contribution in [3.05, 3.63) is 62.6 Å². The molecule has 0 radical (unpaired) electrons. The van der Waals surface area contributed by atoms with Gasteiger partial charge in [0.15, 0.2) is 0 Å². The van der Waals surface area contributed by atoms with Crippen LogP contribution >= 0.6 is 0 Å². The van der Waals surface area contributed by atoms with Crippen LogP contribution in [-0.4, -0.2) is 17.4 Å². The first-order valence-electron chi connectivity index (χ1n) is 10.3. The molecule has 1 amide bonds. The van der Waals surface area contributed by atoms with Gasteiger partial charge in [-0.1, -0.05) is 25.8 Å². The van der Waals surface area contributed by atoms with Gasteiger partial charge in [0.1, 0.15) is 0 Å². The molecule has 3 N–H and O–H groups in total. The smallest absolute Gasteiger partial charge is 0.253 e. The minimum Gasteiger partial charge on any atom is -0.385 e. The molecule has 0 aliphatic heterocycles. The molecule has 0 bridgehead atoms. The molecule has 0 saturated heterocycles. The molecule has 1 heterocycles. The fourth-order valence-corrected chi connectivity index (χ4v) is 4.18. The number of carbonyl (C=O) groups excluding carboxylic acids is 1. The molecule has 1 aliphatic carbocycles. The molecule has 28 heavy (non-hydrogen) atoms. The number of amides is 1. The van der Waals surface area contributed by atoms with E-state index in [1.165, 1.54) is 25.7 Å².